The van der Waals surface area contributed by atoms with Gasteiger partial charge in [-0.3, -0.25) is 19.2 Å². The molecule has 2 aliphatic carbocycles. The minimum atomic E-state index is 0. The van der Waals surface area contributed by atoms with Crippen LogP contribution in [-0.2, 0) is 40.9 Å². The molecule has 0 aromatic heterocycles. The molecule has 2 aliphatic rings. The number of hydrogen-bond acceptors (Lipinski definition) is 4. The van der Waals surface area contributed by atoms with Gasteiger partial charge in [0.05, 0.1) is 12.8 Å². The molecule has 0 radical (unpaired) electrons. The summed E-state index contributed by atoms with van der Waals surface area (Å²) >= 11 is 0. The molecule has 0 N–H and O–H groups in total. The summed E-state index contributed by atoms with van der Waals surface area (Å²) in [6, 6.07) is 0. The topological polar surface area (TPSA) is 68.3 Å². The summed E-state index contributed by atoms with van der Waals surface area (Å²) in [4.78, 5) is 44.1. The second kappa shape index (κ2) is 17.4. The van der Waals surface area contributed by atoms with Gasteiger partial charge >= 0.3 is 21.7 Å². The van der Waals surface area contributed by atoms with Gasteiger partial charge in [0.15, 0.2) is 0 Å². The van der Waals surface area contributed by atoms with E-state index in [-0.39, 0.29) is 78.9 Å². The van der Waals surface area contributed by atoms with E-state index in [0.29, 0.717) is 0 Å². The number of halogens is 2. The van der Waals surface area contributed by atoms with Gasteiger partial charge in [-0.05, 0) is 39.5 Å². The molecular weight excluding hydrogens is 390 g/mol. The third-order valence-corrected chi connectivity index (χ3v) is 4.97. The molecule has 0 heterocycles. The molecule has 0 unspecified atom stereocenters. The third-order valence-electron chi connectivity index (χ3n) is 4.97. The molecule has 27 heavy (non-hydrogen) atoms. The summed E-state index contributed by atoms with van der Waals surface area (Å²) in [5.41, 5.74) is 0. The standard InChI is InChI=1S/2C10H16O2.2FH.Ti/c2*1-8(11)7-10(12)9-5-3-2-4-6-9;;;/h2*9H,2-7H2,1H3;2*1H;/q;;;;+4/p-2. The first-order valence-corrected chi connectivity index (χ1v) is 9.44. The minimum Gasteiger partial charge on any atom is -1.00 e. The molecule has 2 saturated carbocycles. The van der Waals surface area contributed by atoms with Gasteiger partial charge in [-0.25, -0.2) is 0 Å². The molecule has 0 amide bonds. The maximum atomic E-state index is 11.4. The molecule has 0 aliphatic heterocycles. The fraction of sp³-hybridized carbons (Fsp3) is 0.800. The van der Waals surface area contributed by atoms with E-state index in [2.05, 4.69) is 0 Å². The summed E-state index contributed by atoms with van der Waals surface area (Å²) in [5, 5.41) is 0. The first-order valence-electron chi connectivity index (χ1n) is 9.44. The molecule has 0 bridgehead atoms. The first kappa shape index (κ1) is 31.0. The van der Waals surface area contributed by atoms with Crippen molar-refractivity contribution >= 4 is 23.1 Å². The van der Waals surface area contributed by atoms with Crippen LogP contribution >= 0.6 is 0 Å². The largest absolute Gasteiger partial charge is 4.00 e. The van der Waals surface area contributed by atoms with Gasteiger partial charge in [0, 0.05) is 11.8 Å². The molecule has 0 saturated heterocycles. The van der Waals surface area contributed by atoms with Crippen LogP contribution in [0.15, 0.2) is 0 Å². The van der Waals surface area contributed by atoms with Crippen LogP contribution in [0.5, 0.6) is 0 Å². The van der Waals surface area contributed by atoms with Gasteiger partial charge in [-0.15, -0.1) is 0 Å². The maximum Gasteiger partial charge on any atom is 4.00 e. The fourth-order valence-corrected chi connectivity index (χ4v) is 3.63. The first-order chi connectivity index (χ1) is 11.4. The molecule has 7 heteroatoms. The molecule has 2 fully saturated rings. The van der Waals surface area contributed by atoms with Crippen molar-refractivity contribution in [2.24, 2.45) is 11.8 Å². The van der Waals surface area contributed by atoms with Crippen molar-refractivity contribution in [1.82, 2.24) is 0 Å². The molecule has 0 atom stereocenters. The van der Waals surface area contributed by atoms with E-state index in [9.17, 15) is 19.2 Å². The average molecular weight is 422 g/mol. The third kappa shape index (κ3) is 14.0. The van der Waals surface area contributed by atoms with Crippen LogP contribution in [0.4, 0.5) is 0 Å². The second-order valence-electron chi connectivity index (χ2n) is 7.36. The zero-order valence-corrected chi connectivity index (χ0v) is 18.1. The van der Waals surface area contributed by atoms with Crippen LogP contribution in [0, 0.1) is 11.8 Å². The summed E-state index contributed by atoms with van der Waals surface area (Å²) in [6.07, 6.45) is 11.5. The van der Waals surface area contributed by atoms with Crippen molar-refractivity contribution in [3.05, 3.63) is 0 Å². The summed E-state index contributed by atoms with van der Waals surface area (Å²) in [6.45, 7) is 2.97. The Balaban J connectivity index is -0.000000384. The van der Waals surface area contributed by atoms with Crippen molar-refractivity contribution in [1.29, 1.82) is 0 Å². The number of carbonyl (C=O) groups is 4. The van der Waals surface area contributed by atoms with Crippen LogP contribution in [-0.4, -0.2) is 23.1 Å². The predicted octanol–water partition coefficient (Wildman–Crippen LogP) is -1.76. The molecule has 4 nitrogen and oxygen atoms in total. The SMILES string of the molecule is CC(=O)CC(=O)C1CCCCC1.CC(=O)CC(=O)C1CCCCC1.[F-].[F-].[Ti+4]. The molecular formula is C20H32F2O4Ti+2. The monoisotopic (exact) mass is 422 g/mol. The Labute approximate surface area is 176 Å². The second-order valence-corrected chi connectivity index (χ2v) is 7.36. The normalized spacial score (nSPS) is 17.0. The summed E-state index contributed by atoms with van der Waals surface area (Å²) < 4.78 is 0. The number of rotatable bonds is 6. The van der Waals surface area contributed by atoms with Gasteiger partial charge in [-0.2, -0.15) is 0 Å². The van der Waals surface area contributed by atoms with Gasteiger partial charge in [0.2, 0.25) is 0 Å². The molecule has 0 aromatic rings. The Morgan fingerprint density at radius 2 is 0.852 bits per heavy atom. The Kier molecular flexibility index (Phi) is 19.9. The van der Waals surface area contributed by atoms with Gasteiger partial charge in [-0.1, -0.05) is 38.5 Å². The number of carbonyl (C=O) groups excluding carboxylic acids is 4. The maximum absolute atomic E-state index is 11.4. The predicted molar refractivity (Wildman–Crippen MR) is 93.8 cm³/mol. The Bertz CT molecular complexity index is 415. The van der Waals surface area contributed by atoms with E-state index < -0.39 is 0 Å². The summed E-state index contributed by atoms with van der Waals surface area (Å²) in [5.74, 6) is 0.742. The number of hydrogen-bond donors (Lipinski definition) is 0. The van der Waals surface area contributed by atoms with E-state index in [1.54, 1.807) is 0 Å². The number of ketones is 4. The van der Waals surface area contributed by atoms with E-state index in [4.69, 9.17) is 0 Å². The van der Waals surface area contributed by atoms with Gasteiger partial charge in [0.1, 0.15) is 23.1 Å². The fourth-order valence-electron chi connectivity index (χ4n) is 3.63. The van der Waals surface area contributed by atoms with Gasteiger partial charge < -0.3 is 9.41 Å². The Hall–Kier alpha value is -0.746. The zero-order valence-electron chi connectivity index (χ0n) is 16.5. The molecule has 2 rings (SSSR count). The van der Waals surface area contributed by atoms with E-state index in [1.165, 1.54) is 26.7 Å². The number of Topliss-reactive ketones (excluding diaryl/α,β-unsaturated/α-hetero) is 4. The zero-order chi connectivity index (χ0) is 17.9. The minimum absolute atomic E-state index is 0. The van der Waals surface area contributed by atoms with Crippen molar-refractivity contribution in [2.75, 3.05) is 0 Å². The van der Waals surface area contributed by atoms with Gasteiger partial charge in [0.25, 0.3) is 0 Å². The average Bonchev–Trinajstić information content (AvgIpc) is 2.56. The molecule has 152 valence electrons. The quantitative estimate of drug-likeness (QED) is 0.376. The van der Waals surface area contributed by atoms with E-state index in [0.717, 1.165) is 51.4 Å². The van der Waals surface area contributed by atoms with Crippen molar-refractivity contribution in [3.8, 4) is 0 Å². The van der Waals surface area contributed by atoms with Crippen LogP contribution in [0.1, 0.15) is 90.9 Å². The van der Waals surface area contributed by atoms with Crippen LogP contribution in [0.2, 0.25) is 0 Å². The van der Waals surface area contributed by atoms with Crippen molar-refractivity contribution in [3.63, 3.8) is 0 Å². The van der Waals surface area contributed by atoms with E-state index >= 15 is 0 Å². The smallest absolute Gasteiger partial charge is 1.00 e. The van der Waals surface area contributed by atoms with Crippen LogP contribution in [0.3, 0.4) is 0 Å². The van der Waals surface area contributed by atoms with Crippen LogP contribution in [0.25, 0.3) is 0 Å². The molecule has 0 aromatic carbocycles. The van der Waals surface area contributed by atoms with E-state index in [1.807, 2.05) is 0 Å². The van der Waals surface area contributed by atoms with Crippen LogP contribution < -0.4 is 9.41 Å². The Morgan fingerprint density at radius 3 is 1.07 bits per heavy atom. The van der Waals surface area contributed by atoms with Crippen molar-refractivity contribution in [2.45, 2.75) is 90.9 Å². The van der Waals surface area contributed by atoms with Crippen molar-refractivity contribution < 1.29 is 50.3 Å². The Morgan fingerprint density at radius 1 is 0.593 bits per heavy atom. The molecule has 0 spiro atoms. The summed E-state index contributed by atoms with van der Waals surface area (Å²) in [7, 11) is 0.